The van der Waals surface area contributed by atoms with E-state index < -0.39 is 11.9 Å². The fourth-order valence-corrected chi connectivity index (χ4v) is 0.214. The highest BCUT2D eigenvalue weighted by Gasteiger charge is 1.87. The number of carboxylic acid groups (broad SMARTS) is 2. The molecule has 0 unspecified atom stereocenters. The molecule has 0 saturated heterocycles. The van der Waals surface area contributed by atoms with E-state index in [0.717, 1.165) is 13.3 Å². The second-order valence-corrected chi connectivity index (χ2v) is 2.80. The third-order valence-electron chi connectivity index (χ3n) is 0.535. The normalized spacial score (nSPS) is 7.43. The lowest BCUT2D eigenvalue weighted by molar-refractivity contribution is -0.137. The maximum atomic E-state index is 9.60. The zero-order chi connectivity index (χ0) is 12.0. The minimum atomic E-state index is -0.833. The third-order valence-corrected chi connectivity index (χ3v) is 1.11. The maximum Gasteiger partial charge on any atom is 0.303 e. The monoisotopic (exact) mass is 246 g/mol. The van der Waals surface area contributed by atoms with Crippen molar-refractivity contribution in [1.82, 2.24) is 0 Å². The van der Waals surface area contributed by atoms with Gasteiger partial charge in [0.15, 0.2) is 0 Å². The number of carbonyl (C=O) groups is 2. The molecule has 2 N–H and O–H groups in total. The van der Waals surface area contributed by atoms with Crippen LogP contribution in [0.1, 0.15) is 26.7 Å². The molecule has 0 atom stereocenters. The summed E-state index contributed by atoms with van der Waals surface area (Å²) in [5.41, 5.74) is 0. The number of carboxylic acids is 2. The van der Waals surface area contributed by atoms with Crippen molar-refractivity contribution in [3.8, 4) is 0 Å². The molecule has 0 spiro atoms. The first-order valence-corrected chi connectivity index (χ1v) is 5.02. The summed E-state index contributed by atoms with van der Waals surface area (Å²) in [6, 6.07) is 0. The molecule has 6 heteroatoms. The molecule has 0 aliphatic rings. The van der Waals surface area contributed by atoms with Crippen molar-refractivity contribution in [3.05, 3.63) is 0 Å². The van der Waals surface area contributed by atoms with Gasteiger partial charge < -0.3 is 10.2 Å². The summed E-state index contributed by atoms with van der Waals surface area (Å²) >= 11 is 10.1. The van der Waals surface area contributed by atoms with Gasteiger partial charge in [0.2, 0.25) is 0 Å². The summed E-state index contributed by atoms with van der Waals surface area (Å²) in [5, 5.41) is 15.3. The molecular weight excluding hydrogens is 231 g/mol. The van der Waals surface area contributed by atoms with Gasteiger partial charge in [-0.25, -0.2) is 0 Å². The van der Waals surface area contributed by atoms with Gasteiger partial charge in [-0.2, -0.15) is 0 Å². The molecule has 0 aromatic rings. The number of hydrogen-bond acceptors (Lipinski definition) is 2. The quantitative estimate of drug-likeness (QED) is 0.751. The zero-order valence-corrected chi connectivity index (χ0v) is 9.81. The van der Waals surface area contributed by atoms with Gasteiger partial charge in [0.1, 0.15) is 0 Å². The molecule has 0 rings (SSSR count). The molecule has 0 fully saturated rings. The van der Waals surface area contributed by atoms with E-state index in [0.29, 0.717) is 18.2 Å². The fraction of sp³-hybridized carbons (Fsp3) is 0.750. The summed E-state index contributed by atoms with van der Waals surface area (Å²) in [7, 11) is 0. The molecule has 0 radical (unpaired) electrons. The predicted molar refractivity (Wildman–Crippen MR) is 57.3 cm³/mol. The Bertz CT molecular complexity index is 133. The smallest absolute Gasteiger partial charge is 0.303 e. The SMILES string of the molecule is CC(=O)O.CCCC(=O)O.ClCCCl. The van der Waals surface area contributed by atoms with Crippen LogP contribution < -0.4 is 0 Å². The summed E-state index contributed by atoms with van der Waals surface area (Å²) in [5.74, 6) is -0.430. The molecule has 86 valence electrons. The van der Waals surface area contributed by atoms with Gasteiger partial charge in [-0.15, -0.1) is 23.2 Å². The molecule has 0 aliphatic heterocycles. The first-order valence-electron chi connectivity index (χ1n) is 3.95. The van der Waals surface area contributed by atoms with E-state index in [1.54, 1.807) is 0 Å². The molecule has 0 aliphatic carbocycles. The highest BCUT2D eigenvalue weighted by atomic mass is 35.5. The van der Waals surface area contributed by atoms with Crippen LogP contribution in [-0.2, 0) is 9.59 Å². The van der Waals surface area contributed by atoms with E-state index in [-0.39, 0.29) is 0 Å². The summed E-state index contributed by atoms with van der Waals surface area (Å²) < 4.78 is 0. The van der Waals surface area contributed by atoms with Crippen LogP contribution in [-0.4, -0.2) is 33.9 Å². The summed E-state index contributed by atoms with van der Waals surface area (Å²) in [6.45, 7) is 2.92. The standard InChI is InChI=1S/C4H8O2.C2H4Cl2.C2H4O2/c1-2-3-4(5)6;3-1-2-4;1-2(3)4/h2-3H2,1H3,(H,5,6);1-2H2;1H3,(H,3,4). The van der Waals surface area contributed by atoms with Crippen LogP contribution in [0.5, 0.6) is 0 Å². The van der Waals surface area contributed by atoms with Crippen LogP contribution in [0.2, 0.25) is 0 Å². The topological polar surface area (TPSA) is 74.6 Å². The highest BCUT2D eigenvalue weighted by molar-refractivity contribution is 6.25. The van der Waals surface area contributed by atoms with Crippen LogP contribution in [0.25, 0.3) is 0 Å². The minimum absolute atomic E-state index is 0.292. The average Bonchev–Trinajstić information content (AvgIpc) is 2.03. The van der Waals surface area contributed by atoms with Crippen LogP contribution in [0.4, 0.5) is 0 Å². The van der Waals surface area contributed by atoms with E-state index >= 15 is 0 Å². The first-order chi connectivity index (χ1) is 6.42. The lowest BCUT2D eigenvalue weighted by Crippen LogP contribution is -1.90. The van der Waals surface area contributed by atoms with Gasteiger partial charge in [0, 0.05) is 25.1 Å². The van der Waals surface area contributed by atoms with Gasteiger partial charge in [-0.1, -0.05) is 6.92 Å². The minimum Gasteiger partial charge on any atom is -0.481 e. The van der Waals surface area contributed by atoms with Crippen LogP contribution >= 0.6 is 23.2 Å². The Labute approximate surface area is 93.8 Å². The zero-order valence-electron chi connectivity index (χ0n) is 8.30. The molecule has 0 heterocycles. The molecule has 0 aromatic heterocycles. The Hall–Kier alpha value is -0.480. The molecule has 0 bridgehead atoms. The van der Waals surface area contributed by atoms with Crippen molar-refractivity contribution >= 4 is 35.1 Å². The fourth-order valence-electron chi connectivity index (χ4n) is 0.214. The lowest BCUT2D eigenvalue weighted by Gasteiger charge is -1.79. The number of aliphatic carboxylic acids is 2. The van der Waals surface area contributed by atoms with E-state index in [1.807, 2.05) is 6.92 Å². The van der Waals surface area contributed by atoms with Crippen LogP contribution in [0.15, 0.2) is 0 Å². The number of hydrogen-bond donors (Lipinski definition) is 2. The molecule has 0 saturated carbocycles. The van der Waals surface area contributed by atoms with Gasteiger partial charge in [0.05, 0.1) is 0 Å². The Kier molecular flexibility index (Phi) is 25.1. The predicted octanol–water partition coefficient (Wildman–Crippen LogP) is 2.43. The van der Waals surface area contributed by atoms with Crippen molar-refractivity contribution in [2.75, 3.05) is 11.8 Å². The van der Waals surface area contributed by atoms with Crippen molar-refractivity contribution in [1.29, 1.82) is 0 Å². The third kappa shape index (κ3) is 103. The lowest BCUT2D eigenvalue weighted by atomic mass is 10.4. The Balaban J connectivity index is -0.000000135. The van der Waals surface area contributed by atoms with Crippen molar-refractivity contribution < 1.29 is 19.8 Å². The molecule has 0 amide bonds. The van der Waals surface area contributed by atoms with E-state index in [1.165, 1.54) is 0 Å². The van der Waals surface area contributed by atoms with Crippen molar-refractivity contribution in [3.63, 3.8) is 0 Å². The Morgan fingerprint density at radius 2 is 1.43 bits per heavy atom. The van der Waals surface area contributed by atoms with E-state index in [9.17, 15) is 4.79 Å². The Morgan fingerprint density at radius 1 is 1.14 bits per heavy atom. The number of rotatable bonds is 3. The van der Waals surface area contributed by atoms with E-state index in [2.05, 4.69) is 0 Å². The van der Waals surface area contributed by atoms with Gasteiger partial charge in [0.25, 0.3) is 5.97 Å². The largest absolute Gasteiger partial charge is 0.481 e. The summed E-state index contributed by atoms with van der Waals surface area (Å²) in [4.78, 5) is 18.6. The van der Waals surface area contributed by atoms with Crippen LogP contribution in [0.3, 0.4) is 0 Å². The van der Waals surface area contributed by atoms with Crippen molar-refractivity contribution in [2.24, 2.45) is 0 Å². The highest BCUT2D eigenvalue weighted by Crippen LogP contribution is 1.82. The van der Waals surface area contributed by atoms with Gasteiger partial charge in [-0.05, 0) is 6.42 Å². The molecular formula is C8H16Cl2O4. The second-order valence-electron chi connectivity index (χ2n) is 2.04. The van der Waals surface area contributed by atoms with E-state index in [4.69, 9.17) is 38.2 Å². The van der Waals surface area contributed by atoms with Gasteiger partial charge >= 0.3 is 5.97 Å². The molecule has 14 heavy (non-hydrogen) atoms. The number of alkyl halides is 2. The summed E-state index contributed by atoms with van der Waals surface area (Å²) in [6.07, 6.45) is 1.02. The molecule has 4 nitrogen and oxygen atoms in total. The van der Waals surface area contributed by atoms with Crippen LogP contribution in [0, 0.1) is 0 Å². The second kappa shape index (κ2) is 18.3. The average molecular weight is 247 g/mol. The van der Waals surface area contributed by atoms with Crippen molar-refractivity contribution in [2.45, 2.75) is 26.7 Å². The molecule has 0 aromatic carbocycles. The number of halogens is 2. The van der Waals surface area contributed by atoms with Gasteiger partial charge in [-0.3, -0.25) is 9.59 Å². The Morgan fingerprint density at radius 3 is 1.43 bits per heavy atom. The maximum absolute atomic E-state index is 9.60. The first kappa shape index (κ1) is 19.1.